The smallest absolute Gasteiger partial charge is 0.404 e. The molecule has 0 unspecified atom stereocenters. The van der Waals surface area contributed by atoms with Crippen molar-refractivity contribution in [3.05, 3.63) is 28.2 Å². The Morgan fingerprint density at radius 2 is 2.22 bits per heavy atom. The molecule has 1 amide bonds. The molecule has 1 aromatic carbocycles. The van der Waals surface area contributed by atoms with Gasteiger partial charge in [0.2, 0.25) is 10.0 Å². The van der Waals surface area contributed by atoms with Crippen LogP contribution < -0.4 is 5.32 Å². The second-order valence-electron chi connectivity index (χ2n) is 3.82. The summed E-state index contributed by atoms with van der Waals surface area (Å²) in [6, 6.07) is 4.99. The molecule has 0 bridgehead atoms. The lowest BCUT2D eigenvalue weighted by Gasteiger charge is -2.13. The highest BCUT2D eigenvalue weighted by Gasteiger charge is 2.34. The molecule has 0 aliphatic carbocycles. The molecule has 0 saturated carbocycles. The van der Waals surface area contributed by atoms with Crippen LogP contribution in [0.5, 0.6) is 0 Å². The molecule has 1 heterocycles. The van der Waals surface area contributed by atoms with Crippen molar-refractivity contribution in [2.24, 2.45) is 0 Å². The zero-order valence-electron chi connectivity index (χ0n) is 9.26. The number of benzene rings is 1. The number of amides is 1. The van der Waals surface area contributed by atoms with Gasteiger partial charge in [-0.2, -0.15) is 4.31 Å². The van der Waals surface area contributed by atoms with Crippen LogP contribution in [0.2, 0.25) is 0 Å². The second-order valence-corrected chi connectivity index (χ2v) is 6.64. The topological polar surface area (TPSA) is 86.7 Å². The van der Waals surface area contributed by atoms with E-state index in [-0.39, 0.29) is 19.6 Å². The van der Waals surface area contributed by atoms with Crippen LogP contribution in [0.25, 0.3) is 0 Å². The first-order valence-corrected chi connectivity index (χ1v) is 7.40. The van der Waals surface area contributed by atoms with Crippen molar-refractivity contribution in [1.29, 1.82) is 0 Å². The monoisotopic (exact) mass is 334 g/mol. The number of hydrogen-bond donors (Lipinski definition) is 2. The molecule has 98 valence electrons. The SMILES string of the molecule is O=C(O)NCCN1Cc2cc(Br)ccc2S1(=O)=O. The molecule has 1 aromatic rings. The first-order chi connectivity index (χ1) is 8.41. The van der Waals surface area contributed by atoms with Crippen molar-refractivity contribution in [3.8, 4) is 0 Å². The molecular formula is C10H11BrN2O4S. The number of carbonyl (C=O) groups is 1. The Balaban J connectivity index is 2.16. The molecule has 0 radical (unpaired) electrons. The molecule has 6 nitrogen and oxygen atoms in total. The average Bonchev–Trinajstić information content (AvgIpc) is 2.49. The fourth-order valence-corrected chi connectivity index (χ4v) is 3.85. The highest BCUT2D eigenvalue weighted by molar-refractivity contribution is 9.10. The van der Waals surface area contributed by atoms with E-state index in [9.17, 15) is 13.2 Å². The minimum atomic E-state index is -3.48. The summed E-state index contributed by atoms with van der Waals surface area (Å²) >= 11 is 3.29. The minimum absolute atomic E-state index is 0.0731. The number of carboxylic acid groups (broad SMARTS) is 1. The fourth-order valence-electron chi connectivity index (χ4n) is 1.82. The van der Waals surface area contributed by atoms with Gasteiger partial charge in [0.1, 0.15) is 0 Å². The third kappa shape index (κ3) is 2.50. The maximum absolute atomic E-state index is 12.1. The Bertz CT molecular complexity index is 588. The lowest BCUT2D eigenvalue weighted by atomic mass is 10.2. The van der Waals surface area contributed by atoms with Gasteiger partial charge in [-0.15, -0.1) is 0 Å². The van der Waals surface area contributed by atoms with E-state index in [0.29, 0.717) is 4.90 Å². The highest BCUT2D eigenvalue weighted by atomic mass is 79.9. The van der Waals surface area contributed by atoms with Gasteiger partial charge in [0.15, 0.2) is 0 Å². The Morgan fingerprint density at radius 1 is 1.50 bits per heavy atom. The summed E-state index contributed by atoms with van der Waals surface area (Å²) in [5.41, 5.74) is 0.722. The maximum atomic E-state index is 12.1. The molecule has 1 aliphatic heterocycles. The van der Waals surface area contributed by atoms with E-state index in [1.165, 1.54) is 4.31 Å². The number of nitrogens with zero attached hydrogens (tertiary/aromatic N) is 1. The van der Waals surface area contributed by atoms with Gasteiger partial charge in [-0.1, -0.05) is 15.9 Å². The van der Waals surface area contributed by atoms with E-state index in [0.717, 1.165) is 10.0 Å². The third-order valence-electron chi connectivity index (χ3n) is 2.62. The van der Waals surface area contributed by atoms with Crippen molar-refractivity contribution >= 4 is 32.0 Å². The molecule has 0 fully saturated rings. The van der Waals surface area contributed by atoms with Crippen LogP contribution >= 0.6 is 15.9 Å². The van der Waals surface area contributed by atoms with E-state index >= 15 is 0 Å². The van der Waals surface area contributed by atoms with Crippen molar-refractivity contribution in [1.82, 2.24) is 9.62 Å². The van der Waals surface area contributed by atoms with Crippen LogP contribution in [-0.4, -0.2) is 37.0 Å². The number of fused-ring (bicyclic) bond motifs is 1. The number of hydrogen-bond acceptors (Lipinski definition) is 3. The van der Waals surface area contributed by atoms with E-state index in [1.54, 1.807) is 18.2 Å². The molecule has 8 heteroatoms. The molecule has 0 spiro atoms. The lowest BCUT2D eigenvalue weighted by Crippen LogP contribution is -2.34. The van der Waals surface area contributed by atoms with E-state index in [2.05, 4.69) is 21.2 Å². The van der Waals surface area contributed by atoms with Crippen LogP contribution in [0.4, 0.5) is 4.79 Å². The Hall–Kier alpha value is -1.12. The Morgan fingerprint density at radius 3 is 2.89 bits per heavy atom. The number of halogens is 1. The van der Waals surface area contributed by atoms with Gasteiger partial charge >= 0.3 is 6.09 Å². The van der Waals surface area contributed by atoms with Gasteiger partial charge in [0.05, 0.1) is 4.90 Å². The van der Waals surface area contributed by atoms with Crippen molar-refractivity contribution in [2.75, 3.05) is 13.1 Å². The van der Waals surface area contributed by atoms with Crippen LogP contribution in [0, 0.1) is 0 Å². The molecule has 18 heavy (non-hydrogen) atoms. The van der Waals surface area contributed by atoms with Gasteiger partial charge in [-0.25, -0.2) is 13.2 Å². The van der Waals surface area contributed by atoms with Crippen molar-refractivity contribution in [2.45, 2.75) is 11.4 Å². The van der Waals surface area contributed by atoms with Gasteiger partial charge < -0.3 is 10.4 Å². The summed E-state index contributed by atoms with van der Waals surface area (Å²) in [7, 11) is -3.48. The van der Waals surface area contributed by atoms with Gasteiger partial charge in [0.25, 0.3) is 0 Å². The molecule has 0 aromatic heterocycles. The molecular weight excluding hydrogens is 324 g/mol. The largest absolute Gasteiger partial charge is 0.465 e. The predicted octanol–water partition coefficient (Wildman–Crippen LogP) is 1.22. The first kappa shape index (κ1) is 13.3. The summed E-state index contributed by atoms with van der Waals surface area (Å²) < 4.78 is 26.3. The zero-order valence-corrected chi connectivity index (χ0v) is 11.7. The van der Waals surface area contributed by atoms with Gasteiger partial charge in [-0.3, -0.25) is 0 Å². The lowest BCUT2D eigenvalue weighted by molar-refractivity contribution is 0.193. The minimum Gasteiger partial charge on any atom is -0.465 e. The molecule has 2 rings (SSSR count). The van der Waals surface area contributed by atoms with E-state index in [4.69, 9.17) is 5.11 Å². The fraction of sp³-hybridized carbons (Fsp3) is 0.300. The average molecular weight is 335 g/mol. The first-order valence-electron chi connectivity index (χ1n) is 5.16. The Kier molecular flexibility index (Phi) is 3.60. The van der Waals surface area contributed by atoms with Crippen molar-refractivity contribution in [3.63, 3.8) is 0 Å². The number of sulfonamides is 1. The van der Waals surface area contributed by atoms with Crippen LogP contribution in [0.3, 0.4) is 0 Å². The summed E-state index contributed by atoms with van der Waals surface area (Å²) in [6.07, 6.45) is -1.16. The summed E-state index contributed by atoms with van der Waals surface area (Å²) in [6.45, 7) is 0.475. The number of rotatable bonds is 3. The van der Waals surface area contributed by atoms with Crippen LogP contribution in [0.15, 0.2) is 27.6 Å². The van der Waals surface area contributed by atoms with Gasteiger partial charge in [-0.05, 0) is 23.8 Å². The second kappa shape index (κ2) is 4.87. The van der Waals surface area contributed by atoms with E-state index in [1.807, 2.05) is 0 Å². The zero-order chi connectivity index (χ0) is 13.3. The van der Waals surface area contributed by atoms with E-state index < -0.39 is 16.1 Å². The predicted molar refractivity (Wildman–Crippen MR) is 67.8 cm³/mol. The maximum Gasteiger partial charge on any atom is 0.404 e. The number of nitrogens with one attached hydrogen (secondary N) is 1. The van der Waals surface area contributed by atoms with Crippen LogP contribution in [0.1, 0.15) is 5.56 Å². The summed E-state index contributed by atoms with van der Waals surface area (Å²) in [5, 5.41) is 10.6. The molecule has 0 atom stereocenters. The third-order valence-corrected chi connectivity index (χ3v) is 5.06. The highest BCUT2D eigenvalue weighted by Crippen LogP contribution is 2.31. The van der Waals surface area contributed by atoms with Gasteiger partial charge in [0, 0.05) is 24.1 Å². The molecule has 0 saturated heterocycles. The summed E-state index contributed by atoms with van der Waals surface area (Å²) in [4.78, 5) is 10.6. The quantitative estimate of drug-likeness (QED) is 0.870. The molecule has 1 aliphatic rings. The van der Waals surface area contributed by atoms with Crippen molar-refractivity contribution < 1.29 is 18.3 Å². The Labute approximate surface area is 113 Å². The summed E-state index contributed by atoms with van der Waals surface area (Å²) in [5.74, 6) is 0. The van der Waals surface area contributed by atoms with Crippen LogP contribution in [-0.2, 0) is 16.6 Å². The normalized spacial score (nSPS) is 17.4. The standard InChI is InChI=1S/C10H11BrN2O4S/c11-8-1-2-9-7(5-8)6-13(18(9,16)17)4-3-12-10(14)15/h1-2,5,12H,3-4,6H2,(H,14,15). The molecule has 2 N–H and O–H groups in total.